The lowest BCUT2D eigenvalue weighted by Gasteiger charge is -2.13. The van der Waals surface area contributed by atoms with E-state index in [2.05, 4.69) is 27.5 Å². The van der Waals surface area contributed by atoms with Gasteiger partial charge in [0.25, 0.3) is 0 Å². The maximum absolute atomic E-state index is 8.71. The van der Waals surface area contributed by atoms with Crippen LogP contribution in [0.3, 0.4) is 0 Å². The molecule has 0 radical (unpaired) electrons. The third-order valence-corrected chi connectivity index (χ3v) is 3.12. The van der Waals surface area contributed by atoms with Crippen LogP contribution in [0.25, 0.3) is 0 Å². The van der Waals surface area contributed by atoms with Crippen LogP contribution in [0.1, 0.15) is 44.0 Å². The minimum absolute atomic E-state index is 0.295. The van der Waals surface area contributed by atoms with Crippen LogP contribution >= 0.6 is 0 Å². The third kappa shape index (κ3) is 5.03. The highest BCUT2D eigenvalue weighted by Crippen LogP contribution is 2.19. The summed E-state index contributed by atoms with van der Waals surface area (Å²) in [6.07, 6.45) is 5.05. The molecule has 5 nitrogen and oxygen atoms in total. The maximum atomic E-state index is 8.71. The molecular formula is C14H26N4O. The summed E-state index contributed by atoms with van der Waals surface area (Å²) >= 11 is 0. The molecule has 0 spiro atoms. The quantitative estimate of drug-likeness (QED) is 0.599. The zero-order valence-electron chi connectivity index (χ0n) is 12.3. The molecule has 0 aliphatic rings. The summed E-state index contributed by atoms with van der Waals surface area (Å²) in [5.74, 6) is 2.69. The van der Waals surface area contributed by atoms with E-state index in [9.17, 15) is 0 Å². The first-order valence-corrected chi connectivity index (χ1v) is 7.12. The topological polar surface area (TPSA) is 70.1 Å². The van der Waals surface area contributed by atoms with Gasteiger partial charge in [0.2, 0.25) is 0 Å². The average molecular weight is 266 g/mol. The molecule has 0 aromatic carbocycles. The largest absolute Gasteiger partial charge is 0.396 e. The number of nitrogens with one attached hydrogen (secondary N) is 2. The molecule has 0 unspecified atom stereocenters. The fourth-order valence-electron chi connectivity index (χ4n) is 1.93. The molecule has 108 valence electrons. The van der Waals surface area contributed by atoms with E-state index in [-0.39, 0.29) is 0 Å². The second-order valence-corrected chi connectivity index (χ2v) is 4.63. The van der Waals surface area contributed by atoms with Crippen LogP contribution in [-0.2, 0) is 6.42 Å². The Kier molecular flexibility index (Phi) is 7.18. The minimum Gasteiger partial charge on any atom is -0.396 e. The number of anilines is 2. The first kappa shape index (κ1) is 15.7. The third-order valence-electron chi connectivity index (χ3n) is 3.12. The number of aryl methyl sites for hydroxylation is 1. The van der Waals surface area contributed by atoms with Crippen molar-refractivity contribution >= 4 is 11.6 Å². The van der Waals surface area contributed by atoms with E-state index in [1.54, 1.807) is 0 Å². The molecular weight excluding hydrogens is 240 g/mol. The van der Waals surface area contributed by atoms with Crippen molar-refractivity contribution in [3.8, 4) is 0 Å². The molecule has 0 aliphatic heterocycles. The van der Waals surface area contributed by atoms with Crippen LogP contribution in [0.5, 0.6) is 0 Å². The predicted molar refractivity (Wildman–Crippen MR) is 79.7 cm³/mol. The maximum Gasteiger partial charge on any atom is 0.134 e. The van der Waals surface area contributed by atoms with Crippen LogP contribution in [-0.4, -0.2) is 35.3 Å². The Morgan fingerprint density at radius 3 is 2.37 bits per heavy atom. The number of aromatic nitrogens is 2. The number of hydrogen-bond donors (Lipinski definition) is 3. The van der Waals surface area contributed by atoms with Crippen LogP contribution < -0.4 is 10.6 Å². The summed E-state index contributed by atoms with van der Waals surface area (Å²) in [7, 11) is 1.88. The Hall–Kier alpha value is -1.36. The van der Waals surface area contributed by atoms with Crippen molar-refractivity contribution in [2.45, 2.75) is 46.0 Å². The van der Waals surface area contributed by atoms with Gasteiger partial charge in [0.05, 0.1) is 0 Å². The molecule has 1 aromatic heterocycles. The Labute approximate surface area is 115 Å². The van der Waals surface area contributed by atoms with Crippen molar-refractivity contribution in [3.63, 3.8) is 0 Å². The Balaban J connectivity index is 2.52. The van der Waals surface area contributed by atoms with Gasteiger partial charge in [-0.05, 0) is 19.8 Å². The number of aliphatic hydroxyl groups excluding tert-OH is 1. The molecule has 3 N–H and O–H groups in total. The summed E-state index contributed by atoms with van der Waals surface area (Å²) in [6.45, 7) is 5.29. The van der Waals surface area contributed by atoms with E-state index in [0.29, 0.717) is 6.61 Å². The second kappa shape index (κ2) is 8.69. The van der Waals surface area contributed by atoms with Gasteiger partial charge in [-0.2, -0.15) is 0 Å². The van der Waals surface area contributed by atoms with Gasteiger partial charge in [-0.25, -0.2) is 9.97 Å². The van der Waals surface area contributed by atoms with Crippen LogP contribution in [0.4, 0.5) is 11.6 Å². The first-order valence-electron chi connectivity index (χ1n) is 7.12. The molecule has 1 heterocycles. The predicted octanol–water partition coefficient (Wildman–Crippen LogP) is 2.35. The summed E-state index contributed by atoms with van der Waals surface area (Å²) in [5.41, 5.74) is 1.06. The van der Waals surface area contributed by atoms with Crippen molar-refractivity contribution in [1.82, 2.24) is 9.97 Å². The number of rotatable bonds is 9. The zero-order chi connectivity index (χ0) is 14.1. The molecule has 0 fully saturated rings. The first-order chi connectivity index (χ1) is 9.22. The Bertz CT molecular complexity index is 382. The van der Waals surface area contributed by atoms with Gasteiger partial charge in [-0.1, -0.05) is 19.8 Å². The minimum atomic E-state index is 0.295. The fraction of sp³-hybridized carbons (Fsp3) is 0.714. The summed E-state index contributed by atoms with van der Waals surface area (Å²) in [6, 6.07) is 0. The molecule has 0 saturated heterocycles. The lowest BCUT2D eigenvalue weighted by molar-refractivity contribution is 0.283. The summed E-state index contributed by atoms with van der Waals surface area (Å²) < 4.78 is 0. The molecule has 0 aliphatic carbocycles. The number of hydrogen-bond acceptors (Lipinski definition) is 5. The molecule has 0 amide bonds. The van der Waals surface area contributed by atoms with Crippen molar-refractivity contribution in [1.29, 1.82) is 0 Å². The van der Waals surface area contributed by atoms with Crippen molar-refractivity contribution < 1.29 is 5.11 Å². The highest BCUT2D eigenvalue weighted by atomic mass is 16.2. The smallest absolute Gasteiger partial charge is 0.134 e. The van der Waals surface area contributed by atoms with E-state index < -0.39 is 0 Å². The number of nitrogens with zero attached hydrogens (tertiary/aromatic N) is 2. The van der Waals surface area contributed by atoms with Crippen molar-refractivity contribution in [2.24, 2.45) is 0 Å². The van der Waals surface area contributed by atoms with E-state index in [1.807, 2.05) is 14.0 Å². The standard InChI is InChI=1S/C14H26N4O/c1-4-12-17-13(15-3)11(2)14(18-12)16-9-7-5-6-8-10-19/h19H,4-10H2,1-3H3,(H2,15,16,17,18). The fourth-order valence-corrected chi connectivity index (χ4v) is 1.93. The van der Waals surface area contributed by atoms with Crippen LogP contribution in [0.15, 0.2) is 0 Å². The van der Waals surface area contributed by atoms with Crippen LogP contribution in [0.2, 0.25) is 0 Å². The number of aliphatic hydroxyl groups is 1. The highest BCUT2D eigenvalue weighted by Gasteiger charge is 2.08. The van der Waals surface area contributed by atoms with E-state index in [4.69, 9.17) is 5.11 Å². The lowest BCUT2D eigenvalue weighted by Crippen LogP contribution is -2.10. The Morgan fingerprint density at radius 1 is 1.05 bits per heavy atom. The highest BCUT2D eigenvalue weighted by molar-refractivity contribution is 5.56. The molecule has 1 aromatic rings. The Morgan fingerprint density at radius 2 is 1.74 bits per heavy atom. The van der Waals surface area contributed by atoms with E-state index in [0.717, 1.165) is 61.7 Å². The van der Waals surface area contributed by atoms with Gasteiger partial charge in [-0.3, -0.25) is 0 Å². The molecule has 1 rings (SSSR count). The van der Waals surface area contributed by atoms with Gasteiger partial charge in [0.1, 0.15) is 17.5 Å². The normalized spacial score (nSPS) is 10.5. The molecule has 0 atom stereocenters. The molecule has 0 saturated carbocycles. The molecule has 0 bridgehead atoms. The summed E-state index contributed by atoms with van der Waals surface area (Å²) in [4.78, 5) is 8.98. The zero-order valence-corrected chi connectivity index (χ0v) is 12.3. The monoisotopic (exact) mass is 266 g/mol. The van der Waals surface area contributed by atoms with Gasteiger partial charge >= 0.3 is 0 Å². The SMILES string of the molecule is CCc1nc(NC)c(C)c(NCCCCCCO)n1. The van der Waals surface area contributed by atoms with Gasteiger partial charge in [-0.15, -0.1) is 0 Å². The summed E-state index contributed by atoms with van der Waals surface area (Å²) in [5, 5.41) is 15.2. The van der Waals surface area contributed by atoms with Crippen LogP contribution in [0, 0.1) is 6.92 Å². The van der Waals surface area contributed by atoms with Crippen molar-refractivity contribution in [3.05, 3.63) is 11.4 Å². The lowest BCUT2D eigenvalue weighted by atomic mass is 10.2. The average Bonchev–Trinajstić information content (AvgIpc) is 2.44. The number of unbranched alkanes of at least 4 members (excludes halogenated alkanes) is 3. The molecule has 5 heteroatoms. The van der Waals surface area contributed by atoms with E-state index >= 15 is 0 Å². The van der Waals surface area contributed by atoms with Crippen molar-refractivity contribution in [2.75, 3.05) is 30.8 Å². The molecule has 19 heavy (non-hydrogen) atoms. The van der Waals surface area contributed by atoms with Gasteiger partial charge in [0.15, 0.2) is 0 Å². The van der Waals surface area contributed by atoms with E-state index in [1.165, 1.54) is 0 Å². The second-order valence-electron chi connectivity index (χ2n) is 4.63. The van der Waals surface area contributed by atoms with Gasteiger partial charge < -0.3 is 15.7 Å². The van der Waals surface area contributed by atoms with Gasteiger partial charge in [0, 0.05) is 32.2 Å².